The minimum Gasteiger partial charge on any atom is -0.383 e. The van der Waals surface area contributed by atoms with Gasteiger partial charge >= 0.3 is 0 Å². The maximum atomic E-state index is 12.0. The Morgan fingerprint density at radius 1 is 1.29 bits per heavy atom. The van der Waals surface area contributed by atoms with E-state index in [0.717, 1.165) is 19.3 Å². The van der Waals surface area contributed by atoms with Gasteiger partial charge in [0.25, 0.3) is 0 Å². The molecule has 4 rings (SSSR count). The molecule has 0 spiro atoms. The standard InChI is InChI=1S/C19H24OS/c1-12-9-10-15-17(2,3)16(12)18(21-4)11-13-7-5-6-8-14(13)19(15,18)20/h5-8,15-16,20H,1,9-11H2,2-4H3. The van der Waals surface area contributed by atoms with Crippen LogP contribution in [0, 0.1) is 17.3 Å². The molecule has 1 N–H and O–H groups in total. The van der Waals surface area contributed by atoms with Gasteiger partial charge in [-0.05, 0) is 48.0 Å². The molecule has 3 aliphatic rings. The summed E-state index contributed by atoms with van der Waals surface area (Å²) in [4.78, 5) is 0. The van der Waals surface area contributed by atoms with Crippen LogP contribution in [0.1, 0.15) is 37.8 Å². The van der Waals surface area contributed by atoms with E-state index in [9.17, 15) is 5.11 Å². The number of fused-ring (bicyclic) bond motifs is 7. The molecule has 112 valence electrons. The summed E-state index contributed by atoms with van der Waals surface area (Å²) in [5.41, 5.74) is 3.32. The predicted octanol–water partition coefficient (Wildman–Crippen LogP) is 4.15. The highest BCUT2D eigenvalue weighted by atomic mass is 32.2. The molecule has 0 amide bonds. The van der Waals surface area contributed by atoms with Crippen molar-refractivity contribution in [3.63, 3.8) is 0 Å². The highest BCUT2D eigenvalue weighted by Gasteiger charge is 2.75. The highest BCUT2D eigenvalue weighted by molar-refractivity contribution is 8.00. The minimum absolute atomic E-state index is 0.126. The Kier molecular flexibility index (Phi) is 2.63. The van der Waals surface area contributed by atoms with Crippen LogP contribution < -0.4 is 0 Å². The summed E-state index contributed by atoms with van der Waals surface area (Å²) >= 11 is 1.88. The van der Waals surface area contributed by atoms with Gasteiger partial charge in [0.2, 0.25) is 0 Å². The maximum absolute atomic E-state index is 12.0. The van der Waals surface area contributed by atoms with E-state index in [2.05, 4.69) is 50.9 Å². The van der Waals surface area contributed by atoms with Gasteiger partial charge in [0.05, 0.1) is 4.75 Å². The lowest BCUT2D eigenvalue weighted by molar-refractivity contribution is -0.0396. The fourth-order valence-electron chi connectivity index (χ4n) is 6.09. The second-order valence-corrected chi connectivity index (χ2v) is 8.83. The monoisotopic (exact) mass is 300 g/mol. The van der Waals surface area contributed by atoms with Gasteiger partial charge in [0, 0.05) is 5.92 Å². The molecule has 3 aliphatic carbocycles. The van der Waals surface area contributed by atoms with E-state index in [1.54, 1.807) is 0 Å². The summed E-state index contributed by atoms with van der Waals surface area (Å²) < 4.78 is -0.127. The van der Waals surface area contributed by atoms with Gasteiger partial charge < -0.3 is 5.11 Å². The molecule has 1 aromatic carbocycles. The van der Waals surface area contributed by atoms with Crippen molar-refractivity contribution in [2.75, 3.05) is 6.26 Å². The molecule has 2 bridgehead atoms. The molecule has 4 atom stereocenters. The Labute approximate surface area is 131 Å². The lowest BCUT2D eigenvalue weighted by atomic mass is 9.63. The summed E-state index contributed by atoms with van der Waals surface area (Å²) in [5, 5.41) is 12.0. The Balaban J connectivity index is 2.04. The second-order valence-electron chi connectivity index (χ2n) is 7.70. The fourth-order valence-corrected chi connectivity index (χ4v) is 7.66. The first-order valence-corrected chi connectivity index (χ1v) is 9.15. The first kappa shape index (κ1) is 13.9. The average molecular weight is 300 g/mol. The van der Waals surface area contributed by atoms with Crippen molar-refractivity contribution in [2.24, 2.45) is 17.3 Å². The molecule has 2 saturated carbocycles. The van der Waals surface area contributed by atoms with Crippen molar-refractivity contribution >= 4 is 11.8 Å². The molecule has 2 heteroatoms. The number of rotatable bonds is 1. The number of thioether (sulfide) groups is 1. The normalized spacial score (nSPS) is 42.8. The largest absolute Gasteiger partial charge is 0.383 e. The summed E-state index contributed by atoms with van der Waals surface area (Å²) in [7, 11) is 0. The van der Waals surface area contributed by atoms with Gasteiger partial charge in [-0.15, -0.1) is 0 Å². The highest BCUT2D eigenvalue weighted by Crippen LogP contribution is 2.75. The van der Waals surface area contributed by atoms with Gasteiger partial charge in [-0.25, -0.2) is 0 Å². The van der Waals surface area contributed by atoms with E-state index in [0.29, 0.717) is 11.8 Å². The molecule has 0 aliphatic heterocycles. The quantitative estimate of drug-likeness (QED) is 0.786. The topological polar surface area (TPSA) is 20.2 Å². The predicted molar refractivity (Wildman–Crippen MR) is 89.4 cm³/mol. The lowest BCUT2D eigenvalue weighted by Gasteiger charge is -2.43. The summed E-state index contributed by atoms with van der Waals surface area (Å²) in [6, 6.07) is 8.55. The van der Waals surface area contributed by atoms with Crippen LogP contribution in [-0.4, -0.2) is 16.1 Å². The Hall–Kier alpha value is -0.730. The summed E-state index contributed by atoms with van der Waals surface area (Å²) in [6.45, 7) is 9.11. The van der Waals surface area contributed by atoms with E-state index >= 15 is 0 Å². The Bertz CT molecular complexity index is 634. The van der Waals surface area contributed by atoms with Gasteiger partial charge in [-0.1, -0.05) is 50.3 Å². The summed E-state index contributed by atoms with van der Waals surface area (Å²) in [6.07, 6.45) is 5.30. The van der Waals surface area contributed by atoms with Crippen LogP contribution in [0.25, 0.3) is 0 Å². The third kappa shape index (κ3) is 1.31. The number of benzene rings is 1. The summed E-state index contributed by atoms with van der Waals surface area (Å²) in [5.74, 6) is 0.729. The van der Waals surface area contributed by atoms with Gasteiger partial charge in [-0.3, -0.25) is 0 Å². The molecule has 2 fully saturated rings. The first-order chi connectivity index (χ1) is 9.89. The maximum Gasteiger partial charge on any atom is 0.109 e. The van der Waals surface area contributed by atoms with Gasteiger partial charge in [0.1, 0.15) is 5.60 Å². The number of hydrogen-bond donors (Lipinski definition) is 1. The molecule has 0 heterocycles. The molecular formula is C19H24OS. The Morgan fingerprint density at radius 2 is 2.00 bits per heavy atom. The zero-order valence-corrected chi connectivity index (χ0v) is 14.0. The van der Waals surface area contributed by atoms with Crippen LogP contribution in [0.4, 0.5) is 0 Å². The van der Waals surface area contributed by atoms with Crippen LogP contribution in [0.2, 0.25) is 0 Å². The van der Waals surface area contributed by atoms with Crippen molar-refractivity contribution < 1.29 is 5.11 Å². The first-order valence-electron chi connectivity index (χ1n) is 7.93. The average Bonchev–Trinajstić information content (AvgIpc) is 2.72. The SMILES string of the molecule is C=C1CCC2C(C)(C)C1C1(SC)Cc3ccccc3C21O. The van der Waals surface area contributed by atoms with E-state index in [-0.39, 0.29) is 10.2 Å². The van der Waals surface area contributed by atoms with Crippen LogP contribution in [0.5, 0.6) is 0 Å². The minimum atomic E-state index is -0.698. The van der Waals surface area contributed by atoms with Crippen molar-refractivity contribution in [3.05, 3.63) is 47.5 Å². The van der Waals surface area contributed by atoms with Crippen LogP contribution in [0.3, 0.4) is 0 Å². The fraction of sp³-hybridized carbons (Fsp3) is 0.579. The van der Waals surface area contributed by atoms with Crippen LogP contribution in [0.15, 0.2) is 36.4 Å². The number of hydrogen-bond acceptors (Lipinski definition) is 2. The zero-order chi connectivity index (χ0) is 15.0. The van der Waals surface area contributed by atoms with Crippen molar-refractivity contribution in [3.8, 4) is 0 Å². The Morgan fingerprint density at radius 3 is 2.71 bits per heavy atom. The smallest absolute Gasteiger partial charge is 0.109 e. The lowest BCUT2D eigenvalue weighted by Crippen LogP contribution is -2.47. The molecule has 4 unspecified atom stereocenters. The van der Waals surface area contributed by atoms with E-state index in [1.165, 1.54) is 16.7 Å². The van der Waals surface area contributed by atoms with Crippen molar-refractivity contribution in [1.82, 2.24) is 0 Å². The molecule has 0 saturated heterocycles. The van der Waals surface area contributed by atoms with Crippen LogP contribution >= 0.6 is 11.8 Å². The molecule has 1 nitrogen and oxygen atoms in total. The molecule has 0 radical (unpaired) electrons. The van der Waals surface area contributed by atoms with Crippen molar-refractivity contribution in [2.45, 2.75) is 43.5 Å². The third-order valence-electron chi connectivity index (χ3n) is 6.67. The van der Waals surface area contributed by atoms with Crippen LogP contribution in [-0.2, 0) is 12.0 Å². The third-order valence-corrected chi connectivity index (χ3v) is 8.09. The second kappa shape index (κ2) is 3.97. The van der Waals surface area contributed by atoms with Crippen molar-refractivity contribution in [1.29, 1.82) is 0 Å². The molecular weight excluding hydrogens is 276 g/mol. The van der Waals surface area contributed by atoms with Gasteiger partial charge in [0.15, 0.2) is 0 Å². The zero-order valence-electron chi connectivity index (χ0n) is 13.1. The van der Waals surface area contributed by atoms with E-state index < -0.39 is 5.60 Å². The van der Waals surface area contributed by atoms with Gasteiger partial charge in [-0.2, -0.15) is 11.8 Å². The van der Waals surface area contributed by atoms with E-state index in [1.807, 2.05) is 11.8 Å². The molecule has 1 aromatic rings. The van der Waals surface area contributed by atoms with E-state index in [4.69, 9.17) is 0 Å². The number of allylic oxidation sites excluding steroid dienone is 1. The number of aliphatic hydroxyl groups is 1. The molecule has 21 heavy (non-hydrogen) atoms. The molecule has 0 aromatic heterocycles.